The molecule has 7 heteroatoms. The number of carbonyl (C=O) groups excluding carboxylic acids is 1. The predicted molar refractivity (Wildman–Crippen MR) is 68.7 cm³/mol. The van der Waals surface area contributed by atoms with Crippen molar-refractivity contribution in [3.8, 4) is 0 Å². The second kappa shape index (κ2) is 5.30. The van der Waals surface area contributed by atoms with Gasteiger partial charge < -0.3 is 15.0 Å². The Labute approximate surface area is 109 Å². The van der Waals surface area contributed by atoms with Crippen molar-refractivity contribution in [2.45, 2.75) is 6.54 Å². The van der Waals surface area contributed by atoms with Gasteiger partial charge in [0, 0.05) is 12.7 Å². The highest BCUT2D eigenvalue weighted by atomic mass is 16.6. The van der Waals surface area contributed by atoms with Crippen molar-refractivity contribution in [1.29, 1.82) is 0 Å². The topological polar surface area (TPSA) is 81.3 Å². The van der Waals surface area contributed by atoms with E-state index < -0.39 is 4.92 Å². The maximum Gasteiger partial charge on any atom is 0.389 e. The summed E-state index contributed by atoms with van der Waals surface area (Å²) in [7, 11) is 1.65. The second-order valence-electron chi connectivity index (χ2n) is 3.92. The molecule has 1 heterocycles. The van der Waals surface area contributed by atoms with Crippen molar-refractivity contribution in [3.63, 3.8) is 0 Å². The third-order valence-corrected chi connectivity index (χ3v) is 2.63. The van der Waals surface area contributed by atoms with Crippen LogP contribution < -0.4 is 4.90 Å². The van der Waals surface area contributed by atoms with Crippen LogP contribution in [0.25, 0.3) is 0 Å². The molecule has 0 aliphatic carbocycles. The van der Waals surface area contributed by atoms with E-state index in [1.165, 1.54) is 21.8 Å². The van der Waals surface area contributed by atoms with E-state index in [1.54, 1.807) is 7.05 Å². The molecule has 98 valence electrons. The van der Waals surface area contributed by atoms with Gasteiger partial charge in [0.15, 0.2) is 0 Å². The number of rotatable bonds is 4. The highest BCUT2D eigenvalue weighted by Gasteiger charge is 2.16. The van der Waals surface area contributed by atoms with Gasteiger partial charge in [-0.05, 0) is 17.1 Å². The molecule has 2 rings (SSSR count). The lowest BCUT2D eigenvalue weighted by Gasteiger charge is -2.16. The molecule has 7 nitrogen and oxygen atoms in total. The maximum absolute atomic E-state index is 12.0. The van der Waals surface area contributed by atoms with Crippen LogP contribution in [0.2, 0.25) is 0 Å². The predicted octanol–water partition coefficient (Wildman–Crippen LogP) is 1.45. The minimum atomic E-state index is -0.595. The van der Waals surface area contributed by atoms with Gasteiger partial charge >= 0.3 is 5.82 Å². The van der Waals surface area contributed by atoms with Crippen LogP contribution in [-0.4, -0.2) is 27.7 Å². The monoisotopic (exact) mass is 260 g/mol. The van der Waals surface area contributed by atoms with Crippen molar-refractivity contribution in [1.82, 2.24) is 9.78 Å². The molecule has 1 amide bonds. The van der Waals surface area contributed by atoms with Crippen LogP contribution in [0, 0.1) is 10.1 Å². The lowest BCUT2D eigenvalue weighted by molar-refractivity contribution is -0.389. The Kier molecular flexibility index (Phi) is 3.56. The van der Waals surface area contributed by atoms with Crippen LogP contribution in [0.4, 0.5) is 11.5 Å². The summed E-state index contributed by atoms with van der Waals surface area (Å²) >= 11 is 0. The van der Waals surface area contributed by atoms with Gasteiger partial charge in [-0.2, -0.15) is 4.68 Å². The lowest BCUT2D eigenvalue weighted by atomic mass is 10.3. The molecular weight excluding hydrogens is 248 g/mol. The lowest BCUT2D eigenvalue weighted by Crippen LogP contribution is -2.30. The zero-order chi connectivity index (χ0) is 13.8. The Morgan fingerprint density at radius 3 is 2.63 bits per heavy atom. The third kappa shape index (κ3) is 2.95. The van der Waals surface area contributed by atoms with Crippen LogP contribution in [0.1, 0.15) is 0 Å². The number of carbonyl (C=O) groups is 1. The molecule has 0 atom stereocenters. The fourth-order valence-electron chi connectivity index (χ4n) is 1.58. The molecule has 0 aliphatic rings. The molecule has 0 aliphatic heterocycles. The van der Waals surface area contributed by atoms with Gasteiger partial charge in [-0.15, -0.1) is 0 Å². The van der Waals surface area contributed by atoms with Crippen molar-refractivity contribution in [2.24, 2.45) is 0 Å². The van der Waals surface area contributed by atoms with Crippen LogP contribution in [-0.2, 0) is 11.3 Å². The maximum atomic E-state index is 12.0. The molecule has 0 fully saturated rings. The molecule has 0 spiro atoms. The zero-order valence-electron chi connectivity index (χ0n) is 10.3. The number of nitrogens with zero attached hydrogens (tertiary/aromatic N) is 4. The number of likely N-dealkylation sites (N-methyl/N-ethyl adjacent to an activating group) is 1. The summed E-state index contributed by atoms with van der Waals surface area (Å²) in [6, 6.07) is 10.4. The molecule has 2 aromatic rings. The Balaban J connectivity index is 2.06. The van der Waals surface area contributed by atoms with Gasteiger partial charge in [0.25, 0.3) is 5.91 Å². The first-order valence-corrected chi connectivity index (χ1v) is 5.57. The second-order valence-corrected chi connectivity index (χ2v) is 3.92. The van der Waals surface area contributed by atoms with Crippen LogP contribution >= 0.6 is 0 Å². The van der Waals surface area contributed by atoms with Gasteiger partial charge in [-0.25, -0.2) is 0 Å². The van der Waals surface area contributed by atoms with Crippen molar-refractivity contribution in [2.75, 3.05) is 11.9 Å². The van der Waals surface area contributed by atoms with E-state index in [2.05, 4.69) is 5.10 Å². The van der Waals surface area contributed by atoms with E-state index in [9.17, 15) is 14.9 Å². The minimum absolute atomic E-state index is 0.0424. The first-order valence-electron chi connectivity index (χ1n) is 5.57. The normalized spacial score (nSPS) is 10.2. The van der Waals surface area contributed by atoms with E-state index in [1.807, 2.05) is 30.3 Å². The number of amides is 1. The molecule has 0 bridgehead atoms. The molecular formula is C12H12N4O3. The van der Waals surface area contributed by atoms with E-state index in [0.717, 1.165) is 5.69 Å². The average Bonchev–Trinajstić information content (AvgIpc) is 2.87. The summed E-state index contributed by atoms with van der Waals surface area (Å²) in [5, 5.41) is 14.2. The van der Waals surface area contributed by atoms with Gasteiger partial charge in [0.2, 0.25) is 0 Å². The molecule has 1 aromatic carbocycles. The standard InChI is InChI=1S/C12H12N4O3/c1-14(10-5-3-2-4-6-10)12(17)9-15-8-7-11(13-15)16(18)19/h2-8H,9H2,1H3. The Bertz CT molecular complexity index is 594. The van der Waals surface area contributed by atoms with Crippen molar-refractivity contribution >= 4 is 17.4 Å². The summed E-state index contributed by atoms with van der Waals surface area (Å²) in [6.07, 6.45) is 1.41. The number of hydrogen-bond donors (Lipinski definition) is 0. The number of hydrogen-bond acceptors (Lipinski definition) is 4. The van der Waals surface area contributed by atoms with E-state index in [4.69, 9.17) is 0 Å². The van der Waals surface area contributed by atoms with Crippen molar-refractivity contribution in [3.05, 3.63) is 52.7 Å². The number of nitro groups is 1. The molecule has 0 radical (unpaired) electrons. The minimum Gasteiger partial charge on any atom is -0.358 e. The van der Waals surface area contributed by atoms with E-state index in [0.29, 0.717) is 0 Å². The highest BCUT2D eigenvalue weighted by molar-refractivity contribution is 5.92. The van der Waals surface area contributed by atoms with Gasteiger partial charge in [-0.3, -0.25) is 4.79 Å². The van der Waals surface area contributed by atoms with Gasteiger partial charge in [0.05, 0.1) is 17.4 Å². The summed E-state index contributed by atoms with van der Waals surface area (Å²) in [5.41, 5.74) is 0.758. The third-order valence-electron chi connectivity index (χ3n) is 2.63. The molecule has 0 unspecified atom stereocenters. The number of aromatic nitrogens is 2. The first-order chi connectivity index (χ1) is 9.08. The highest BCUT2D eigenvalue weighted by Crippen LogP contribution is 2.12. The largest absolute Gasteiger partial charge is 0.389 e. The van der Waals surface area contributed by atoms with E-state index >= 15 is 0 Å². The fraction of sp³-hybridized carbons (Fsp3) is 0.167. The molecule has 0 N–H and O–H groups in total. The Hall–Kier alpha value is -2.70. The summed E-state index contributed by atoms with van der Waals surface area (Å²) in [5.74, 6) is -0.473. The number of para-hydroxylation sites is 1. The van der Waals surface area contributed by atoms with Crippen molar-refractivity contribution < 1.29 is 9.72 Å². The Morgan fingerprint density at radius 2 is 2.05 bits per heavy atom. The summed E-state index contributed by atoms with van der Waals surface area (Å²) < 4.78 is 1.25. The molecule has 0 saturated carbocycles. The first kappa shape index (κ1) is 12.7. The Morgan fingerprint density at radius 1 is 1.37 bits per heavy atom. The SMILES string of the molecule is CN(C(=O)Cn1ccc([N+](=O)[O-])n1)c1ccccc1. The molecule has 1 aromatic heterocycles. The van der Waals surface area contributed by atoms with E-state index in [-0.39, 0.29) is 18.3 Å². The number of benzene rings is 1. The zero-order valence-corrected chi connectivity index (χ0v) is 10.3. The van der Waals surface area contributed by atoms with Crippen LogP contribution in [0.5, 0.6) is 0 Å². The van der Waals surface area contributed by atoms with Crippen LogP contribution in [0.15, 0.2) is 42.6 Å². The fourth-order valence-corrected chi connectivity index (χ4v) is 1.58. The summed E-state index contributed by atoms with van der Waals surface area (Å²) in [4.78, 5) is 23.4. The van der Waals surface area contributed by atoms with Crippen LogP contribution in [0.3, 0.4) is 0 Å². The summed E-state index contributed by atoms with van der Waals surface area (Å²) in [6.45, 7) is -0.0424. The van der Waals surface area contributed by atoms with Gasteiger partial charge in [0.1, 0.15) is 6.54 Å². The molecule has 0 saturated heterocycles. The average molecular weight is 260 g/mol. The van der Waals surface area contributed by atoms with Gasteiger partial charge in [-0.1, -0.05) is 18.2 Å². The molecule has 19 heavy (non-hydrogen) atoms. The quantitative estimate of drug-likeness (QED) is 0.615. The smallest absolute Gasteiger partial charge is 0.358 e. The number of anilines is 1.